The molecule has 5 rings (SSSR count). The number of aromatic hydroxyl groups is 1. The topological polar surface area (TPSA) is 68.2 Å². The van der Waals surface area contributed by atoms with Crippen LogP contribution >= 0.6 is 11.6 Å². The molecule has 1 N–H and O–H groups in total. The number of nitrogens with zero attached hydrogens (tertiary/aromatic N) is 1. The molecule has 0 bridgehead atoms. The number of Topliss-reactive ketones (excluding diaryl/α,β-unsaturated/α-hetero) is 1. The Hall–Kier alpha value is -2.54. The molecule has 0 radical (unpaired) electrons. The molecular weight excluding hydrogens is 418 g/mol. The summed E-state index contributed by atoms with van der Waals surface area (Å²) in [5.41, 5.74) is 2.61. The Morgan fingerprint density at radius 2 is 2.16 bits per heavy atom. The van der Waals surface area contributed by atoms with Crippen molar-refractivity contribution in [1.29, 1.82) is 0 Å². The zero-order valence-corrected chi connectivity index (χ0v) is 18.1. The Kier molecular flexibility index (Phi) is 5.38. The van der Waals surface area contributed by atoms with Gasteiger partial charge in [0.2, 0.25) is 5.78 Å². The quantitative estimate of drug-likeness (QED) is 0.692. The Morgan fingerprint density at radius 1 is 1.29 bits per heavy atom. The highest BCUT2D eigenvalue weighted by Crippen LogP contribution is 2.41. The molecule has 0 amide bonds. The molecule has 3 aliphatic rings. The average molecular weight is 442 g/mol. The molecule has 31 heavy (non-hydrogen) atoms. The van der Waals surface area contributed by atoms with E-state index in [-0.39, 0.29) is 24.1 Å². The number of likely N-dealkylation sites (tertiary alicyclic amines) is 1. The highest BCUT2D eigenvalue weighted by atomic mass is 35.5. The summed E-state index contributed by atoms with van der Waals surface area (Å²) < 4.78 is 17.0. The second-order valence-electron chi connectivity index (χ2n) is 8.46. The SMILES string of the molecule is C[C@H]1CCCN(Cc2c(O)ccc3c2OC(=Cc2cc(Cl)cc4c2OCOC4)C3=O)C1. The first-order valence-corrected chi connectivity index (χ1v) is 10.9. The molecule has 162 valence electrons. The van der Waals surface area contributed by atoms with Crippen molar-refractivity contribution >= 4 is 23.5 Å². The fraction of sp³-hybridized carbons (Fsp3) is 0.375. The van der Waals surface area contributed by atoms with Gasteiger partial charge in [-0.2, -0.15) is 0 Å². The second-order valence-corrected chi connectivity index (χ2v) is 8.89. The lowest BCUT2D eigenvalue weighted by Crippen LogP contribution is -2.33. The first kappa shape index (κ1) is 20.4. The summed E-state index contributed by atoms with van der Waals surface area (Å²) in [6.07, 6.45) is 4.00. The van der Waals surface area contributed by atoms with Gasteiger partial charge in [-0.1, -0.05) is 18.5 Å². The van der Waals surface area contributed by atoms with Crippen molar-refractivity contribution in [2.24, 2.45) is 5.92 Å². The third-order valence-corrected chi connectivity index (χ3v) is 6.25. The van der Waals surface area contributed by atoms with Crippen molar-refractivity contribution in [2.75, 3.05) is 19.9 Å². The molecular formula is C24H24ClNO5. The molecule has 3 aliphatic heterocycles. The first-order chi connectivity index (χ1) is 15.0. The summed E-state index contributed by atoms with van der Waals surface area (Å²) in [4.78, 5) is 15.4. The van der Waals surface area contributed by atoms with Crippen LogP contribution in [0.25, 0.3) is 6.08 Å². The highest BCUT2D eigenvalue weighted by molar-refractivity contribution is 6.31. The van der Waals surface area contributed by atoms with Crippen molar-refractivity contribution in [2.45, 2.75) is 32.9 Å². The standard InChI is InChI=1S/C24H24ClNO5/c1-14-3-2-6-26(10-14)11-19-20(27)5-4-18-22(28)21(31-24(18)19)9-15-7-17(25)8-16-12-29-13-30-23(15)16/h4-5,7-9,14,27H,2-3,6,10-13H2,1H3/t14-/m0/s1. The summed E-state index contributed by atoms with van der Waals surface area (Å²) in [6.45, 7) is 5.26. The summed E-state index contributed by atoms with van der Waals surface area (Å²) in [6, 6.07) is 6.73. The molecule has 3 heterocycles. The maximum atomic E-state index is 13.1. The Morgan fingerprint density at radius 3 is 3.00 bits per heavy atom. The van der Waals surface area contributed by atoms with E-state index in [2.05, 4.69) is 11.8 Å². The van der Waals surface area contributed by atoms with Crippen LogP contribution in [0.2, 0.25) is 5.02 Å². The van der Waals surface area contributed by atoms with Gasteiger partial charge < -0.3 is 19.3 Å². The van der Waals surface area contributed by atoms with Crippen LogP contribution in [-0.2, 0) is 17.9 Å². The van der Waals surface area contributed by atoms with Gasteiger partial charge in [0.25, 0.3) is 0 Å². The van der Waals surface area contributed by atoms with E-state index in [0.29, 0.717) is 52.3 Å². The summed E-state index contributed by atoms with van der Waals surface area (Å²) in [5, 5.41) is 11.1. The number of halogens is 1. The molecule has 0 saturated carbocycles. The molecule has 6 nitrogen and oxygen atoms in total. The largest absolute Gasteiger partial charge is 0.507 e. The predicted molar refractivity (Wildman–Crippen MR) is 116 cm³/mol. The van der Waals surface area contributed by atoms with Crippen LogP contribution < -0.4 is 9.47 Å². The van der Waals surface area contributed by atoms with Crippen LogP contribution in [0.1, 0.15) is 46.8 Å². The van der Waals surface area contributed by atoms with E-state index >= 15 is 0 Å². The van der Waals surface area contributed by atoms with Crippen LogP contribution in [0.4, 0.5) is 0 Å². The molecule has 1 fully saturated rings. The Balaban J connectivity index is 1.49. The van der Waals surface area contributed by atoms with Crippen LogP contribution in [0.5, 0.6) is 17.2 Å². The molecule has 1 saturated heterocycles. The van der Waals surface area contributed by atoms with Gasteiger partial charge in [-0.25, -0.2) is 0 Å². The van der Waals surface area contributed by atoms with Gasteiger partial charge in [0.1, 0.15) is 17.2 Å². The summed E-state index contributed by atoms with van der Waals surface area (Å²) in [7, 11) is 0. The normalized spacial score (nSPS) is 22.1. The van der Waals surface area contributed by atoms with Crippen LogP contribution in [0, 0.1) is 5.92 Å². The summed E-state index contributed by atoms with van der Waals surface area (Å²) in [5.74, 6) is 1.81. The van der Waals surface area contributed by atoms with Gasteiger partial charge in [-0.05, 0) is 55.6 Å². The van der Waals surface area contributed by atoms with Crippen LogP contribution in [0.15, 0.2) is 30.0 Å². The monoisotopic (exact) mass is 441 g/mol. The number of benzene rings is 2. The number of piperidine rings is 1. The molecule has 1 atom stereocenters. The second kappa shape index (κ2) is 8.19. The molecule has 0 aromatic heterocycles. The van der Waals surface area contributed by atoms with Gasteiger partial charge in [0, 0.05) is 29.2 Å². The molecule has 0 aliphatic carbocycles. The van der Waals surface area contributed by atoms with E-state index in [1.807, 2.05) is 0 Å². The number of hydrogen-bond acceptors (Lipinski definition) is 6. The molecule has 2 aromatic rings. The fourth-order valence-corrected chi connectivity index (χ4v) is 4.81. The number of carbonyl (C=O) groups is 1. The number of phenols is 1. The van der Waals surface area contributed by atoms with Crippen molar-refractivity contribution in [1.82, 2.24) is 4.90 Å². The lowest BCUT2D eigenvalue weighted by molar-refractivity contribution is -0.0165. The van der Waals surface area contributed by atoms with Gasteiger partial charge in [0.15, 0.2) is 12.6 Å². The van der Waals surface area contributed by atoms with Crippen LogP contribution in [0.3, 0.4) is 0 Å². The maximum absolute atomic E-state index is 13.1. The minimum atomic E-state index is -0.218. The highest BCUT2D eigenvalue weighted by Gasteiger charge is 2.32. The number of phenolic OH excluding ortho intramolecular Hbond substituents is 1. The van der Waals surface area contributed by atoms with E-state index in [1.165, 1.54) is 6.42 Å². The number of carbonyl (C=O) groups excluding carboxylic acids is 1. The predicted octanol–water partition coefficient (Wildman–Crippen LogP) is 4.76. The summed E-state index contributed by atoms with van der Waals surface area (Å²) >= 11 is 6.25. The van der Waals surface area contributed by atoms with E-state index in [4.69, 9.17) is 25.8 Å². The number of ether oxygens (including phenoxy) is 3. The van der Waals surface area contributed by atoms with Crippen molar-refractivity contribution in [3.8, 4) is 17.2 Å². The van der Waals surface area contributed by atoms with E-state index in [0.717, 1.165) is 25.1 Å². The lowest BCUT2D eigenvalue weighted by Gasteiger charge is -2.31. The van der Waals surface area contributed by atoms with Crippen molar-refractivity contribution < 1.29 is 24.1 Å². The van der Waals surface area contributed by atoms with Crippen molar-refractivity contribution in [3.63, 3.8) is 0 Å². The molecule has 2 aromatic carbocycles. The number of fused-ring (bicyclic) bond motifs is 2. The van der Waals surface area contributed by atoms with Gasteiger partial charge in [-0.15, -0.1) is 0 Å². The van der Waals surface area contributed by atoms with Gasteiger partial charge in [0.05, 0.1) is 17.7 Å². The zero-order valence-electron chi connectivity index (χ0n) is 17.3. The first-order valence-electron chi connectivity index (χ1n) is 10.5. The number of hydrogen-bond donors (Lipinski definition) is 1. The van der Waals surface area contributed by atoms with Crippen LogP contribution in [-0.4, -0.2) is 35.7 Å². The Bertz CT molecular complexity index is 1080. The third-order valence-electron chi connectivity index (χ3n) is 6.03. The molecule has 7 heteroatoms. The maximum Gasteiger partial charge on any atom is 0.231 e. The van der Waals surface area contributed by atoms with Gasteiger partial charge >= 0.3 is 0 Å². The number of ketones is 1. The smallest absolute Gasteiger partial charge is 0.231 e. The minimum Gasteiger partial charge on any atom is -0.507 e. The van der Waals surface area contributed by atoms with E-state index < -0.39 is 0 Å². The lowest BCUT2D eigenvalue weighted by atomic mass is 9.99. The molecule has 0 unspecified atom stereocenters. The van der Waals surface area contributed by atoms with Gasteiger partial charge in [-0.3, -0.25) is 9.69 Å². The van der Waals surface area contributed by atoms with E-state index in [1.54, 1.807) is 30.3 Å². The molecule has 0 spiro atoms. The van der Waals surface area contributed by atoms with E-state index in [9.17, 15) is 9.90 Å². The minimum absolute atomic E-state index is 0.145. The fourth-order valence-electron chi connectivity index (χ4n) is 4.56. The number of rotatable bonds is 3. The van der Waals surface area contributed by atoms with Crippen molar-refractivity contribution in [3.05, 3.63) is 57.3 Å². The zero-order chi connectivity index (χ0) is 21.5. The number of allylic oxidation sites excluding steroid dienone is 1. The Labute approximate surface area is 186 Å². The average Bonchev–Trinajstić information content (AvgIpc) is 3.06. The third kappa shape index (κ3) is 3.91.